The van der Waals surface area contributed by atoms with Crippen LogP contribution in [0.5, 0.6) is 0 Å². The third-order valence-corrected chi connectivity index (χ3v) is 9.51. The van der Waals surface area contributed by atoms with Gasteiger partial charge in [-0.2, -0.15) is 0 Å². The van der Waals surface area contributed by atoms with Crippen molar-refractivity contribution in [2.45, 2.75) is 194 Å². The highest BCUT2D eigenvalue weighted by Gasteiger charge is 2.17. The number of hydrogen-bond donors (Lipinski definition) is 0. The van der Waals surface area contributed by atoms with Crippen LogP contribution >= 0.6 is 0 Å². The maximum absolute atomic E-state index is 12.7. The molecule has 0 rings (SSSR count). The molecule has 0 aromatic heterocycles. The van der Waals surface area contributed by atoms with Crippen molar-refractivity contribution in [1.82, 2.24) is 0 Å². The van der Waals surface area contributed by atoms with Crippen molar-refractivity contribution in [2.75, 3.05) is 19.8 Å². The van der Waals surface area contributed by atoms with Gasteiger partial charge in [-0.25, -0.2) is 0 Å². The van der Waals surface area contributed by atoms with E-state index in [1.165, 1.54) is 44.9 Å². The molecule has 5 heteroatoms. The summed E-state index contributed by atoms with van der Waals surface area (Å²) in [6.45, 7) is 7.44. The van der Waals surface area contributed by atoms with Crippen molar-refractivity contribution in [1.29, 1.82) is 0 Å². The highest BCUT2D eigenvalue weighted by atomic mass is 16.6. The first-order valence-corrected chi connectivity index (χ1v) is 24.1. The Hall–Kier alpha value is -3.70. The van der Waals surface area contributed by atoms with E-state index >= 15 is 0 Å². The van der Waals surface area contributed by atoms with Crippen molar-refractivity contribution >= 4 is 11.9 Å². The lowest BCUT2D eigenvalue weighted by Crippen LogP contribution is -2.30. The van der Waals surface area contributed by atoms with Crippen LogP contribution in [-0.4, -0.2) is 37.9 Å². The minimum absolute atomic E-state index is 0.0318. The lowest BCUT2D eigenvalue weighted by atomic mass is 10.1. The highest BCUT2D eigenvalue weighted by molar-refractivity contribution is 5.70. The van der Waals surface area contributed by atoms with E-state index in [4.69, 9.17) is 14.2 Å². The first-order chi connectivity index (χ1) is 29.6. The third kappa shape index (κ3) is 47.0. The van der Waals surface area contributed by atoms with Crippen LogP contribution in [0.15, 0.2) is 122 Å². The largest absolute Gasteiger partial charge is 0.462 e. The Morgan fingerprint density at radius 3 is 1.27 bits per heavy atom. The molecule has 1 atom stereocenters. The zero-order valence-electron chi connectivity index (χ0n) is 38.7. The average Bonchev–Trinajstić information content (AvgIpc) is 3.25. The Bertz CT molecular complexity index is 1260. The number of esters is 2. The van der Waals surface area contributed by atoms with E-state index in [9.17, 15) is 9.59 Å². The van der Waals surface area contributed by atoms with Crippen molar-refractivity contribution in [3.05, 3.63) is 122 Å². The lowest BCUT2D eigenvalue weighted by Gasteiger charge is -2.18. The van der Waals surface area contributed by atoms with E-state index in [-0.39, 0.29) is 25.2 Å². The molecular weight excluding hydrogens is 741 g/mol. The molecule has 0 bridgehead atoms. The van der Waals surface area contributed by atoms with Crippen LogP contribution in [0.3, 0.4) is 0 Å². The third-order valence-electron chi connectivity index (χ3n) is 9.51. The fraction of sp³-hybridized carbons (Fsp3) is 0.600. The smallest absolute Gasteiger partial charge is 0.306 e. The highest BCUT2D eigenvalue weighted by Crippen LogP contribution is 2.12. The summed E-state index contributed by atoms with van der Waals surface area (Å²) < 4.78 is 17.2. The predicted octanol–water partition coefficient (Wildman–Crippen LogP) is 16.2. The van der Waals surface area contributed by atoms with E-state index in [2.05, 4.69) is 136 Å². The monoisotopic (exact) mass is 829 g/mol. The molecule has 0 aliphatic carbocycles. The first-order valence-electron chi connectivity index (χ1n) is 24.1. The molecule has 0 saturated heterocycles. The Kier molecular flexibility index (Phi) is 46.6. The Morgan fingerprint density at radius 1 is 0.383 bits per heavy atom. The predicted molar refractivity (Wildman–Crippen MR) is 260 cm³/mol. The molecule has 0 aliphatic heterocycles. The van der Waals surface area contributed by atoms with Gasteiger partial charge in [0.25, 0.3) is 0 Å². The average molecular weight is 829 g/mol. The van der Waals surface area contributed by atoms with Crippen LogP contribution < -0.4 is 0 Å². The van der Waals surface area contributed by atoms with Gasteiger partial charge in [-0.15, -0.1) is 0 Å². The Labute approximate surface area is 369 Å². The van der Waals surface area contributed by atoms with Gasteiger partial charge in [-0.3, -0.25) is 9.59 Å². The molecule has 0 N–H and O–H groups in total. The van der Waals surface area contributed by atoms with E-state index in [1.54, 1.807) is 0 Å². The maximum atomic E-state index is 12.7. The number of rotatable bonds is 42. The molecule has 0 amide bonds. The van der Waals surface area contributed by atoms with Gasteiger partial charge in [0.15, 0.2) is 6.10 Å². The number of carbonyl (C=O) groups is 2. The normalized spacial score (nSPS) is 13.3. The van der Waals surface area contributed by atoms with Crippen LogP contribution in [-0.2, 0) is 23.8 Å². The van der Waals surface area contributed by atoms with Gasteiger partial charge in [-0.1, -0.05) is 200 Å². The molecule has 0 radical (unpaired) electrons. The fourth-order valence-corrected chi connectivity index (χ4v) is 6.00. The molecule has 0 fully saturated rings. The Balaban J connectivity index is 4.27. The zero-order chi connectivity index (χ0) is 43.5. The summed E-state index contributed by atoms with van der Waals surface area (Å²) in [6.07, 6.45) is 69.4. The summed E-state index contributed by atoms with van der Waals surface area (Å²) in [5.41, 5.74) is 0. The van der Waals surface area contributed by atoms with Gasteiger partial charge in [-0.05, 0) is 96.3 Å². The SMILES string of the molecule is CC/C=C\C/C=C\C/C=C\C/C=C\C/C=C\C/C=C\CCC(=O)OCC(COCCCCCCCC)OC(=O)CCCCCCCC/C=C\C/C=C\C/C=C\C/C=C\CC. The molecule has 338 valence electrons. The molecule has 0 spiro atoms. The van der Waals surface area contributed by atoms with Gasteiger partial charge in [0.05, 0.1) is 6.61 Å². The summed E-state index contributed by atoms with van der Waals surface area (Å²) in [7, 11) is 0. The van der Waals surface area contributed by atoms with Gasteiger partial charge in [0.2, 0.25) is 0 Å². The first kappa shape index (κ1) is 56.3. The number of unbranched alkanes of at least 4 members (excludes halogenated alkanes) is 11. The molecule has 5 nitrogen and oxygen atoms in total. The number of allylic oxidation sites excluding steroid dienone is 20. The van der Waals surface area contributed by atoms with E-state index in [1.807, 2.05) is 6.08 Å². The summed E-state index contributed by atoms with van der Waals surface area (Å²) in [5, 5.41) is 0. The Morgan fingerprint density at radius 2 is 0.783 bits per heavy atom. The lowest BCUT2D eigenvalue weighted by molar-refractivity contribution is -0.162. The molecule has 0 heterocycles. The van der Waals surface area contributed by atoms with Crippen LogP contribution in [0, 0.1) is 0 Å². The minimum atomic E-state index is -0.578. The molecule has 0 aromatic rings. The number of hydrogen-bond acceptors (Lipinski definition) is 5. The number of ether oxygens (including phenoxy) is 3. The van der Waals surface area contributed by atoms with Crippen LogP contribution in [0.1, 0.15) is 188 Å². The quantitative estimate of drug-likeness (QED) is 0.0348. The molecule has 0 saturated carbocycles. The van der Waals surface area contributed by atoms with E-state index in [0.717, 1.165) is 103 Å². The second-order valence-electron chi connectivity index (χ2n) is 15.3. The molecule has 1 unspecified atom stereocenters. The maximum Gasteiger partial charge on any atom is 0.306 e. The van der Waals surface area contributed by atoms with E-state index < -0.39 is 6.10 Å². The molecule has 60 heavy (non-hydrogen) atoms. The second-order valence-corrected chi connectivity index (χ2v) is 15.3. The van der Waals surface area contributed by atoms with Crippen LogP contribution in [0.25, 0.3) is 0 Å². The van der Waals surface area contributed by atoms with Gasteiger partial charge < -0.3 is 14.2 Å². The molecule has 0 aromatic carbocycles. The van der Waals surface area contributed by atoms with E-state index in [0.29, 0.717) is 25.9 Å². The summed E-state index contributed by atoms with van der Waals surface area (Å²) >= 11 is 0. The summed E-state index contributed by atoms with van der Waals surface area (Å²) in [4.78, 5) is 25.2. The van der Waals surface area contributed by atoms with Crippen molar-refractivity contribution < 1.29 is 23.8 Å². The van der Waals surface area contributed by atoms with Crippen LogP contribution in [0.2, 0.25) is 0 Å². The summed E-state index contributed by atoms with van der Waals surface area (Å²) in [5.74, 6) is -0.523. The standard InChI is InChI=1S/C55H88O5/c1-4-7-10-13-16-18-20-22-24-26-28-30-32-34-36-38-40-42-45-48-54(56)59-52-53(51-58-50-47-44-15-12-9-6-3)60-55(57)49-46-43-41-39-37-35-33-31-29-27-25-23-21-19-17-14-11-8-5-2/h7-8,10-11,16-19,22-25,28-31,34,36,40,42,53H,4-6,9,12-15,20-21,26-27,32-33,35,37-39,41,43-52H2,1-3H3/b10-7-,11-8-,18-16-,19-17-,24-22-,25-23-,30-28-,31-29-,36-34-,42-40-. The minimum Gasteiger partial charge on any atom is -0.462 e. The van der Waals surface area contributed by atoms with Crippen molar-refractivity contribution in [3.8, 4) is 0 Å². The van der Waals surface area contributed by atoms with Crippen molar-refractivity contribution in [2.24, 2.45) is 0 Å². The van der Waals surface area contributed by atoms with Crippen LogP contribution in [0.4, 0.5) is 0 Å². The second kappa shape index (κ2) is 49.7. The zero-order valence-corrected chi connectivity index (χ0v) is 38.7. The van der Waals surface area contributed by atoms with Crippen molar-refractivity contribution in [3.63, 3.8) is 0 Å². The summed E-state index contributed by atoms with van der Waals surface area (Å²) in [6, 6.07) is 0. The van der Waals surface area contributed by atoms with Gasteiger partial charge in [0, 0.05) is 19.4 Å². The molecular formula is C55H88O5. The van der Waals surface area contributed by atoms with Gasteiger partial charge in [0.1, 0.15) is 6.61 Å². The topological polar surface area (TPSA) is 61.8 Å². The number of carbonyl (C=O) groups excluding carboxylic acids is 2. The molecule has 0 aliphatic rings. The van der Waals surface area contributed by atoms with Gasteiger partial charge >= 0.3 is 11.9 Å². The fourth-order valence-electron chi connectivity index (χ4n) is 6.00.